The number of benzene rings is 1. The van der Waals surface area contributed by atoms with E-state index >= 15 is 0 Å². The van der Waals surface area contributed by atoms with Crippen LogP contribution in [0.5, 0.6) is 5.75 Å². The smallest absolute Gasteiger partial charge is 0.191 e. The highest BCUT2D eigenvalue weighted by molar-refractivity contribution is 14.0. The number of aliphatic imine (C=N–C) groups is 1. The Balaban J connectivity index is 0.00000392. The van der Waals surface area contributed by atoms with Gasteiger partial charge >= 0.3 is 0 Å². The Kier molecular flexibility index (Phi) is 12.2. The van der Waals surface area contributed by atoms with Crippen LogP contribution in [0.15, 0.2) is 46.8 Å². The summed E-state index contributed by atoms with van der Waals surface area (Å²) < 4.78 is 5.81. The summed E-state index contributed by atoms with van der Waals surface area (Å²) >= 11 is 1.82. The SMILES string of the molecule is CN=C(NCc1cccc(OCCN(C)C)c1)NCC(C)Cc1cccs1.I. The number of nitrogens with one attached hydrogen (secondary N) is 2. The number of ether oxygens (including phenoxy) is 1. The lowest BCUT2D eigenvalue weighted by Gasteiger charge is -2.16. The highest BCUT2D eigenvalue weighted by Gasteiger charge is 2.06. The maximum absolute atomic E-state index is 5.81. The molecule has 0 amide bonds. The van der Waals surface area contributed by atoms with Gasteiger partial charge in [-0.3, -0.25) is 4.99 Å². The molecule has 0 spiro atoms. The van der Waals surface area contributed by atoms with Crippen LogP contribution in [-0.4, -0.2) is 51.7 Å². The number of thiophene rings is 1. The van der Waals surface area contributed by atoms with Crippen LogP contribution in [0.3, 0.4) is 0 Å². The van der Waals surface area contributed by atoms with Crippen LogP contribution in [0.1, 0.15) is 17.4 Å². The quantitative estimate of drug-likeness (QED) is 0.286. The first kappa shape index (κ1) is 24.7. The third-order valence-corrected chi connectivity index (χ3v) is 5.04. The van der Waals surface area contributed by atoms with E-state index in [-0.39, 0.29) is 24.0 Å². The van der Waals surface area contributed by atoms with E-state index < -0.39 is 0 Å². The van der Waals surface area contributed by atoms with Gasteiger partial charge in [-0.2, -0.15) is 0 Å². The summed E-state index contributed by atoms with van der Waals surface area (Å²) in [6.07, 6.45) is 1.09. The van der Waals surface area contributed by atoms with Crippen LogP contribution in [-0.2, 0) is 13.0 Å². The molecule has 7 heteroatoms. The third-order valence-electron chi connectivity index (χ3n) is 4.14. The molecule has 28 heavy (non-hydrogen) atoms. The third kappa shape index (κ3) is 9.75. The van der Waals surface area contributed by atoms with E-state index in [9.17, 15) is 0 Å². The average Bonchev–Trinajstić information content (AvgIpc) is 3.15. The second kappa shape index (κ2) is 13.8. The Labute approximate surface area is 190 Å². The molecule has 0 aliphatic carbocycles. The molecule has 2 aromatic rings. The minimum atomic E-state index is 0. The van der Waals surface area contributed by atoms with Gasteiger partial charge in [0.25, 0.3) is 0 Å². The molecule has 5 nitrogen and oxygen atoms in total. The fraction of sp³-hybridized carbons (Fsp3) is 0.476. The van der Waals surface area contributed by atoms with Crippen molar-refractivity contribution in [2.24, 2.45) is 10.9 Å². The number of nitrogens with zero attached hydrogens (tertiary/aromatic N) is 2. The fourth-order valence-corrected chi connectivity index (χ4v) is 3.48. The summed E-state index contributed by atoms with van der Waals surface area (Å²) in [5.41, 5.74) is 1.17. The molecular weight excluding hydrogens is 483 g/mol. The molecule has 1 atom stereocenters. The Hall–Kier alpha value is -1.32. The average molecular weight is 516 g/mol. The molecule has 2 N–H and O–H groups in total. The molecule has 2 rings (SSSR count). The largest absolute Gasteiger partial charge is 0.492 e. The fourth-order valence-electron chi connectivity index (χ4n) is 2.61. The van der Waals surface area contributed by atoms with Gasteiger partial charge in [0.2, 0.25) is 0 Å². The van der Waals surface area contributed by atoms with Crippen LogP contribution in [0.4, 0.5) is 0 Å². The van der Waals surface area contributed by atoms with Crippen LogP contribution < -0.4 is 15.4 Å². The summed E-state index contributed by atoms with van der Waals surface area (Å²) in [6, 6.07) is 12.5. The Morgan fingerprint density at radius 1 is 1.21 bits per heavy atom. The standard InChI is InChI=1S/C21H32N4OS.HI/c1-17(13-20-9-6-12-27-20)15-23-21(22-2)24-16-18-7-5-8-19(14-18)26-11-10-25(3)4;/h5-9,12,14,17H,10-11,13,15-16H2,1-4H3,(H2,22,23,24);1H. The number of likely N-dealkylation sites (N-methyl/N-ethyl adjacent to an activating group) is 1. The predicted octanol–water partition coefficient (Wildman–Crippen LogP) is 3.85. The van der Waals surface area contributed by atoms with Crippen molar-refractivity contribution >= 4 is 41.3 Å². The molecule has 1 unspecified atom stereocenters. The molecule has 0 fully saturated rings. The minimum absolute atomic E-state index is 0. The van der Waals surface area contributed by atoms with Crippen molar-refractivity contribution in [2.75, 3.05) is 40.8 Å². The van der Waals surface area contributed by atoms with Crippen molar-refractivity contribution in [3.63, 3.8) is 0 Å². The molecule has 1 aromatic heterocycles. The highest BCUT2D eigenvalue weighted by atomic mass is 127. The molecule has 0 aliphatic rings. The number of rotatable bonds is 10. The lowest BCUT2D eigenvalue weighted by Crippen LogP contribution is -2.39. The number of guanidine groups is 1. The molecule has 0 aliphatic heterocycles. The van der Waals surface area contributed by atoms with Gasteiger partial charge in [-0.15, -0.1) is 35.3 Å². The van der Waals surface area contributed by atoms with Gasteiger partial charge in [-0.05, 0) is 55.6 Å². The van der Waals surface area contributed by atoms with Crippen molar-refractivity contribution in [3.05, 3.63) is 52.2 Å². The molecular formula is C21H33IN4OS. The summed E-state index contributed by atoms with van der Waals surface area (Å²) in [5.74, 6) is 2.28. The van der Waals surface area contributed by atoms with Crippen LogP contribution in [0.2, 0.25) is 0 Å². The molecule has 0 saturated heterocycles. The number of hydrogen-bond donors (Lipinski definition) is 2. The minimum Gasteiger partial charge on any atom is -0.492 e. The summed E-state index contributed by atoms with van der Waals surface area (Å²) in [7, 11) is 5.90. The van der Waals surface area contributed by atoms with E-state index in [0.29, 0.717) is 19.1 Å². The molecule has 0 radical (unpaired) electrons. The van der Waals surface area contributed by atoms with E-state index in [1.165, 1.54) is 10.4 Å². The second-order valence-electron chi connectivity index (χ2n) is 6.99. The number of halogens is 1. The van der Waals surface area contributed by atoms with Crippen molar-refractivity contribution in [1.82, 2.24) is 15.5 Å². The van der Waals surface area contributed by atoms with Crippen molar-refractivity contribution in [1.29, 1.82) is 0 Å². The summed E-state index contributed by atoms with van der Waals surface area (Å²) in [6.45, 7) is 5.46. The Morgan fingerprint density at radius 3 is 2.71 bits per heavy atom. The van der Waals surface area contributed by atoms with Gasteiger partial charge in [-0.1, -0.05) is 25.1 Å². The molecule has 0 bridgehead atoms. The molecule has 1 heterocycles. The Bertz CT molecular complexity index is 691. The molecule has 156 valence electrons. The van der Waals surface area contributed by atoms with Gasteiger partial charge in [0.15, 0.2) is 5.96 Å². The van der Waals surface area contributed by atoms with E-state index in [1.807, 2.05) is 37.6 Å². The topological polar surface area (TPSA) is 48.9 Å². The molecule has 0 saturated carbocycles. The van der Waals surface area contributed by atoms with E-state index in [1.54, 1.807) is 7.05 Å². The zero-order valence-electron chi connectivity index (χ0n) is 17.3. The summed E-state index contributed by atoms with van der Waals surface area (Å²) in [5, 5.41) is 8.93. The van der Waals surface area contributed by atoms with Gasteiger partial charge in [0.05, 0.1) is 0 Å². The van der Waals surface area contributed by atoms with Crippen molar-refractivity contribution in [3.8, 4) is 5.75 Å². The highest BCUT2D eigenvalue weighted by Crippen LogP contribution is 2.14. The van der Waals surface area contributed by atoms with E-state index in [0.717, 1.165) is 31.2 Å². The second-order valence-corrected chi connectivity index (χ2v) is 8.03. The first-order valence-electron chi connectivity index (χ1n) is 9.40. The number of hydrogen-bond acceptors (Lipinski definition) is 4. The van der Waals surface area contributed by atoms with Crippen LogP contribution >= 0.6 is 35.3 Å². The Morgan fingerprint density at radius 2 is 2.04 bits per heavy atom. The van der Waals surface area contributed by atoms with Crippen LogP contribution in [0, 0.1) is 5.92 Å². The first-order valence-corrected chi connectivity index (χ1v) is 10.3. The first-order chi connectivity index (χ1) is 13.1. The predicted molar refractivity (Wildman–Crippen MR) is 131 cm³/mol. The maximum Gasteiger partial charge on any atom is 0.191 e. The van der Waals surface area contributed by atoms with Gasteiger partial charge in [-0.25, -0.2) is 0 Å². The normalized spacial score (nSPS) is 12.4. The van der Waals surface area contributed by atoms with Gasteiger partial charge in [0.1, 0.15) is 12.4 Å². The molecule has 1 aromatic carbocycles. The zero-order chi connectivity index (χ0) is 19.5. The van der Waals surface area contributed by atoms with Crippen molar-refractivity contribution in [2.45, 2.75) is 19.9 Å². The lowest BCUT2D eigenvalue weighted by atomic mass is 10.1. The van der Waals surface area contributed by atoms with Gasteiger partial charge < -0.3 is 20.3 Å². The van der Waals surface area contributed by atoms with Crippen LogP contribution in [0.25, 0.3) is 0 Å². The summed E-state index contributed by atoms with van der Waals surface area (Å²) in [4.78, 5) is 7.86. The van der Waals surface area contributed by atoms with E-state index in [2.05, 4.69) is 57.1 Å². The monoisotopic (exact) mass is 516 g/mol. The maximum atomic E-state index is 5.81. The van der Waals surface area contributed by atoms with Gasteiger partial charge in [0, 0.05) is 31.6 Å². The zero-order valence-corrected chi connectivity index (χ0v) is 20.4. The van der Waals surface area contributed by atoms with E-state index in [4.69, 9.17) is 4.74 Å². The lowest BCUT2D eigenvalue weighted by molar-refractivity contribution is 0.261. The van der Waals surface area contributed by atoms with Crippen molar-refractivity contribution < 1.29 is 4.74 Å².